The van der Waals surface area contributed by atoms with E-state index >= 15 is 0 Å². The van der Waals surface area contributed by atoms with Crippen molar-refractivity contribution in [3.8, 4) is 0 Å². The van der Waals surface area contributed by atoms with Crippen LogP contribution >= 0.6 is 0 Å². The molecule has 0 radical (unpaired) electrons. The molecule has 150 valence electrons. The second kappa shape index (κ2) is 8.10. The molecule has 2 aromatic heterocycles. The fourth-order valence-corrected chi connectivity index (χ4v) is 3.51. The number of nitrogens with two attached hydrogens (primary N) is 1. The van der Waals surface area contributed by atoms with Gasteiger partial charge in [-0.25, -0.2) is 15.0 Å². The normalized spacial score (nSPS) is 17.4. The minimum absolute atomic E-state index is 0.228. The molecule has 4 rings (SSSR count). The highest BCUT2D eigenvalue weighted by Gasteiger charge is 2.25. The van der Waals surface area contributed by atoms with Gasteiger partial charge in [-0.1, -0.05) is 18.2 Å². The Morgan fingerprint density at radius 3 is 2.76 bits per heavy atom. The SMILES string of the molecule is CN(C)c1ncc(CN2CCO[C@@H](c3cc(C(N)=O)c4ccccc4n3)C2)cn1. The molecule has 1 atom stereocenters. The molecule has 29 heavy (non-hydrogen) atoms. The number of primary amides is 1. The molecule has 0 saturated carbocycles. The highest BCUT2D eigenvalue weighted by atomic mass is 16.5. The molecule has 0 aliphatic carbocycles. The van der Waals surface area contributed by atoms with E-state index in [1.54, 1.807) is 6.07 Å². The number of ether oxygens (including phenoxy) is 1. The third kappa shape index (κ3) is 4.18. The largest absolute Gasteiger partial charge is 0.369 e. The van der Waals surface area contributed by atoms with Gasteiger partial charge in [-0.3, -0.25) is 9.69 Å². The van der Waals surface area contributed by atoms with E-state index in [1.165, 1.54) is 0 Å². The van der Waals surface area contributed by atoms with Crippen molar-refractivity contribution in [1.82, 2.24) is 19.9 Å². The number of carbonyl (C=O) groups excluding carboxylic acids is 1. The molecule has 1 fully saturated rings. The number of morpholine rings is 1. The number of benzene rings is 1. The Kier molecular flexibility index (Phi) is 5.37. The molecule has 1 aromatic carbocycles. The van der Waals surface area contributed by atoms with Crippen LogP contribution in [0.1, 0.15) is 27.7 Å². The standard InChI is InChI=1S/C21H24N6O2/c1-26(2)21-23-10-14(11-24-21)12-27-7-8-29-19(13-27)18-9-16(20(22)28)15-5-3-4-6-17(15)25-18/h3-6,9-11,19H,7-8,12-13H2,1-2H3,(H2,22,28)/t19-/m1/s1. The predicted molar refractivity (Wildman–Crippen MR) is 111 cm³/mol. The second-order valence-electron chi connectivity index (χ2n) is 7.36. The number of pyridine rings is 1. The summed E-state index contributed by atoms with van der Waals surface area (Å²) >= 11 is 0. The van der Waals surface area contributed by atoms with Crippen LogP contribution in [0.15, 0.2) is 42.7 Å². The van der Waals surface area contributed by atoms with Crippen LogP contribution in [-0.2, 0) is 11.3 Å². The van der Waals surface area contributed by atoms with Crippen molar-refractivity contribution in [3.63, 3.8) is 0 Å². The summed E-state index contributed by atoms with van der Waals surface area (Å²) in [6.07, 6.45) is 3.48. The highest BCUT2D eigenvalue weighted by molar-refractivity contribution is 6.05. The topological polar surface area (TPSA) is 97.5 Å². The van der Waals surface area contributed by atoms with Crippen LogP contribution in [0, 0.1) is 0 Å². The smallest absolute Gasteiger partial charge is 0.249 e. The number of hydrogen-bond donors (Lipinski definition) is 1. The first kappa shape index (κ1) is 19.2. The van der Waals surface area contributed by atoms with Crippen LogP contribution in [0.2, 0.25) is 0 Å². The second-order valence-corrected chi connectivity index (χ2v) is 7.36. The van der Waals surface area contributed by atoms with Gasteiger partial charge < -0.3 is 15.4 Å². The summed E-state index contributed by atoms with van der Waals surface area (Å²) in [4.78, 5) is 29.6. The lowest BCUT2D eigenvalue weighted by molar-refractivity contribution is -0.0349. The van der Waals surface area contributed by atoms with Gasteiger partial charge >= 0.3 is 0 Å². The number of para-hydroxylation sites is 1. The van der Waals surface area contributed by atoms with E-state index in [0.29, 0.717) is 24.7 Å². The Hall–Kier alpha value is -3.10. The molecule has 3 heterocycles. The van der Waals surface area contributed by atoms with Crippen molar-refractivity contribution in [3.05, 3.63) is 59.5 Å². The van der Waals surface area contributed by atoms with Gasteiger partial charge in [0.25, 0.3) is 0 Å². The van der Waals surface area contributed by atoms with Crippen LogP contribution in [-0.4, -0.2) is 59.6 Å². The van der Waals surface area contributed by atoms with Crippen LogP contribution < -0.4 is 10.6 Å². The van der Waals surface area contributed by atoms with Crippen molar-refractivity contribution in [2.24, 2.45) is 5.73 Å². The molecule has 1 amide bonds. The van der Waals surface area contributed by atoms with E-state index < -0.39 is 5.91 Å². The van der Waals surface area contributed by atoms with Gasteiger partial charge in [-0.05, 0) is 12.1 Å². The predicted octanol–water partition coefficient (Wildman–Crippen LogP) is 1.76. The third-order valence-electron chi connectivity index (χ3n) is 4.98. The van der Waals surface area contributed by atoms with E-state index in [0.717, 1.165) is 35.2 Å². The first-order chi connectivity index (χ1) is 14.0. The Bertz CT molecular complexity index is 1020. The van der Waals surface area contributed by atoms with Gasteiger partial charge in [0.2, 0.25) is 11.9 Å². The summed E-state index contributed by atoms with van der Waals surface area (Å²) in [5.74, 6) is 0.226. The number of amides is 1. The lowest BCUT2D eigenvalue weighted by Gasteiger charge is -2.32. The molecule has 0 unspecified atom stereocenters. The molecule has 8 nitrogen and oxygen atoms in total. The molecular weight excluding hydrogens is 368 g/mol. The van der Waals surface area contributed by atoms with E-state index in [-0.39, 0.29) is 6.10 Å². The zero-order valence-electron chi connectivity index (χ0n) is 16.6. The van der Waals surface area contributed by atoms with Gasteiger partial charge in [0.05, 0.1) is 23.4 Å². The van der Waals surface area contributed by atoms with Gasteiger partial charge in [0.15, 0.2) is 0 Å². The van der Waals surface area contributed by atoms with Gasteiger partial charge in [0, 0.05) is 57.1 Å². The summed E-state index contributed by atoms with van der Waals surface area (Å²) in [5, 5.41) is 0.759. The van der Waals surface area contributed by atoms with Gasteiger partial charge in [-0.2, -0.15) is 0 Å². The quantitative estimate of drug-likeness (QED) is 0.706. The molecule has 1 aliphatic heterocycles. The van der Waals surface area contributed by atoms with Crippen LogP contribution in [0.3, 0.4) is 0 Å². The maximum Gasteiger partial charge on any atom is 0.249 e. The number of nitrogens with zero attached hydrogens (tertiary/aromatic N) is 5. The number of fused-ring (bicyclic) bond motifs is 1. The van der Waals surface area contributed by atoms with Crippen LogP contribution in [0.25, 0.3) is 10.9 Å². The van der Waals surface area contributed by atoms with Crippen molar-refractivity contribution in [2.75, 3.05) is 38.7 Å². The fraction of sp³-hybridized carbons (Fsp3) is 0.333. The first-order valence-corrected chi connectivity index (χ1v) is 9.53. The number of aromatic nitrogens is 3. The molecule has 0 spiro atoms. The van der Waals surface area contributed by atoms with Crippen molar-refractivity contribution < 1.29 is 9.53 Å². The summed E-state index contributed by atoms with van der Waals surface area (Å²) < 4.78 is 5.97. The molecule has 3 aromatic rings. The Labute approximate surface area is 169 Å². The number of hydrogen-bond acceptors (Lipinski definition) is 7. The first-order valence-electron chi connectivity index (χ1n) is 9.53. The van der Waals surface area contributed by atoms with E-state index in [2.05, 4.69) is 14.9 Å². The summed E-state index contributed by atoms with van der Waals surface area (Å²) in [5.41, 5.74) is 8.59. The lowest BCUT2D eigenvalue weighted by atomic mass is 10.0. The molecular formula is C21H24N6O2. The van der Waals surface area contributed by atoms with Gasteiger partial charge in [0.1, 0.15) is 6.10 Å². The van der Waals surface area contributed by atoms with Crippen molar-refractivity contribution in [2.45, 2.75) is 12.6 Å². The zero-order valence-corrected chi connectivity index (χ0v) is 16.6. The van der Waals surface area contributed by atoms with E-state index in [4.69, 9.17) is 15.5 Å². The maximum absolute atomic E-state index is 12.0. The van der Waals surface area contributed by atoms with E-state index in [1.807, 2.05) is 55.7 Å². The fourth-order valence-electron chi connectivity index (χ4n) is 3.51. The lowest BCUT2D eigenvalue weighted by Crippen LogP contribution is -2.38. The maximum atomic E-state index is 12.0. The van der Waals surface area contributed by atoms with Gasteiger partial charge in [-0.15, -0.1) is 0 Å². The molecule has 0 bridgehead atoms. The number of anilines is 1. The minimum Gasteiger partial charge on any atom is -0.369 e. The highest BCUT2D eigenvalue weighted by Crippen LogP contribution is 2.26. The zero-order chi connectivity index (χ0) is 20.4. The Balaban J connectivity index is 1.54. The monoisotopic (exact) mass is 392 g/mol. The van der Waals surface area contributed by atoms with Crippen LogP contribution in [0.5, 0.6) is 0 Å². The van der Waals surface area contributed by atoms with Crippen molar-refractivity contribution in [1.29, 1.82) is 0 Å². The summed E-state index contributed by atoms with van der Waals surface area (Å²) in [7, 11) is 3.83. The van der Waals surface area contributed by atoms with Crippen LogP contribution in [0.4, 0.5) is 5.95 Å². The Morgan fingerprint density at radius 1 is 1.28 bits per heavy atom. The molecule has 1 aliphatic rings. The molecule has 8 heteroatoms. The summed E-state index contributed by atoms with van der Waals surface area (Å²) in [6, 6.07) is 9.27. The number of carbonyl (C=O) groups is 1. The average molecular weight is 392 g/mol. The molecule has 2 N–H and O–H groups in total. The number of rotatable bonds is 5. The average Bonchev–Trinajstić information content (AvgIpc) is 2.73. The third-order valence-corrected chi connectivity index (χ3v) is 4.98. The minimum atomic E-state index is -0.462. The Morgan fingerprint density at radius 2 is 2.03 bits per heavy atom. The van der Waals surface area contributed by atoms with Crippen molar-refractivity contribution >= 4 is 22.8 Å². The molecule has 1 saturated heterocycles. The van der Waals surface area contributed by atoms with E-state index in [9.17, 15) is 4.79 Å². The summed E-state index contributed by atoms with van der Waals surface area (Å²) in [6.45, 7) is 2.78.